The number of hydrogen-bond acceptors (Lipinski definition) is 5. The van der Waals surface area contributed by atoms with Gasteiger partial charge in [-0.2, -0.15) is 0 Å². The van der Waals surface area contributed by atoms with E-state index in [-0.39, 0.29) is 13.0 Å². The Morgan fingerprint density at radius 1 is 1.26 bits per heavy atom. The molecule has 0 saturated heterocycles. The first kappa shape index (κ1) is 17.8. The van der Waals surface area contributed by atoms with Gasteiger partial charge >= 0.3 is 5.97 Å². The molecule has 0 aromatic rings. The van der Waals surface area contributed by atoms with Gasteiger partial charge in [0.2, 0.25) is 5.91 Å². The van der Waals surface area contributed by atoms with Crippen molar-refractivity contribution in [1.82, 2.24) is 5.32 Å². The maximum atomic E-state index is 11.7. The molecule has 0 aromatic heterocycles. The minimum absolute atomic E-state index is 0.114. The van der Waals surface area contributed by atoms with E-state index in [1.165, 1.54) is 0 Å². The van der Waals surface area contributed by atoms with E-state index in [1.807, 2.05) is 6.92 Å². The van der Waals surface area contributed by atoms with E-state index in [1.54, 1.807) is 0 Å². The van der Waals surface area contributed by atoms with Crippen molar-refractivity contribution < 1.29 is 19.8 Å². The monoisotopic (exact) mass is 275 g/mol. The number of carboxylic acid groups (broad SMARTS) is 1. The number of hydrogen-bond donors (Lipinski definition) is 5. The smallest absolute Gasteiger partial charge is 0.326 e. The second-order valence-electron chi connectivity index (χ2n) is 4.62. The molecule has 0 saturated carbocycles. The molecule has 0 fully saturated rings. The predicted molar refractivity (Wildman–Crippen MR) is 71.4 cm³/mol. The quantitative estimate of drug-likeness (QED) is 0.353. The third-order valence-electron chi connectivity index (χ3n) is 2.88. The van der Waals surface area contributed by atoms with E-state index >= 15 is 0 Å². The summed E-state index contributed by atoms with van der Waals surface area (Å²) in [5.41, 5.74) is 10.9. The molecule has 0 spiro atoms. The molecular weight excluding hydrogens is 250 g/mol. The van der Waals surface area contributed by atoms with Crippen LogP contribution < -0.4 is 16.8 Å². The first-order valence-electron chi connectivity index (χ1n) is 6.59. The Bertz CT molecular complexity index is 286. The van der Waals surface area contributed by atoms with E-state index in [4.69, 9.17) is 16.6 Å². The Kier molecular flexibility index (Phi) is 9.11. The molecule has 7 heteroatoms. The Morgan fingerprint density at radius 3 is 2.37 bits per heavy atom. The molecule has 7 N–H and O–H groups in total. The summed E-state index contributed by atoms with van der Waals surface area (Å²) in [7, 11) is 0. The van der Waals surface area contributed by atoms with Crippen LogP contribution in [0.4, 0.5) is 0 Å². The van der Waals surface area contributed by atoms with Crippen LogP contribution in [0.25, 0.3) is 0 Å². The zero-order chi connectivity index (χ0) is 14.8. The van der Waals surface area contributed by atoms with Crippen molar-refractivity contribution in [3.05, 3.63) is 0 Å². The summed E-state index contributed by atoms with van der Waals surface area (Å²) in [6, 6.07) is -1.73. The number of amides is 1. The van der Waals surface area contributed by atoms with E-state index in [0.717, 1.165) is 12.8 Å². The maximum absolute atomic E-state index is 11.7. The Hall–Kier alpha value is -1.18. The van der Waals surface area contributed by atoms with E-state index < -0.39 is 30.1 Å². The zero-order valence-electron chi connectivity index (χ0n) is 11.3. The maximum Gasteiger partial charge on any atom is 0.326 e. The number of aliphatic hydroxyl groups excluding tert-OH is 1. The molecule has 1 amide bonds. The molecule has 7 nitrogen and oxygen atoms in total. The van der Waals surface area contributed by atoms with Gasteiger partial charge in [-0.3, -0.25) is 4.79 Å². The van der Waals surface area contributed by atoms with Crippen LogP contribution in [0.3, 0.4) is 0 Å². The molecule has 0 radical (unpaired) electrons. The summed E-state index contributed by atoms with van der Waals surface area (Å²) in [5, 5.41) is 20.7. The van der Waals surface area contributed by atoms with Crippen LogP contribution in [0.2, 0.25) is 0 Å². The van der Waals surface area contributed by atoms with Gasteiger partial charge in [0.05, 0.1) is 12.1 Å². The van der Waals surface area contributed by atoms with Gasteiger partial charge in [-0.25, -0.2) is 4.79 Å². The highest BCUT2D eigenvalue weighted by molar-refractivity contribution is 5.86. The zero-order valence-corrected chi connectivity index (χ0v) is 11.3. The highest BCUT2D eigenvalue weighted by Gasteiger charge is 2.22. The van der Waals surface area contributed by atoms with Crippen molar-refractivity contribution in [3.8, 4) is 0 Å². The Balaban J connectivity index is 4.19. The Morgan fingerprint density at radius 2 is 1.89 bits per heavy atom. The van der Waals surface area contributed by atoms with Crippen LogP contribution in [-0.2, 0) is 9.59 Å². The highest BCUT2D eigenvalue weighted by atomic mass is 16.4. The van der Waals surface area contributed by atoms with Gasteiger partial charge in [0, 0.05) is 6.54 Å². The number of carboxylic acids is 1. The van der Waals surface area contributed by atoms with E-state index in [2.05, 4.69) is 5.32 Å². The van der Waals surface area contributed by atoms with Gasteiger partial charge in [-0.15, -0.1) is 0 Å². The largest absolute Gasteiger partial charge is 0.480 e. The molecule has 112 valence electrons. The number of rotatable bonds is 10. The number of nitrogens with one attached hydrogen (secondary N) is 1. The minimum Gasteiger partial charge on any atom is -0.480 e. The molecule has 0 aliphatic carbocycles. The second kappa shape index (κ2) is 9.71. The van der Waals surface area contributed by atoms with Crippen LogP contribution >= 0.6 is 0 Å². The number of nitrogens with two attached hydrogens (primary N) is 2. The van der Waals surface area contributed by atoms with Crippen molar-refractivity contribution in [1.29, 1.82) is 0 Å². The minimum atomic E-state index is -1.06. The van der Waals surface area contributed by atoms with Gasteiger partial charge < -0.3 is 27.0 Å². The fourth-order valence-corrected chi connectivity index (χ4v) is 1.57. The second-order valence-corrected chi connectivity index (χ2v) is 4.62. The normalized spacial score (nSPS) is 15.6. The average molecular weight is 275 g/mol. The predicted octanol–water partition coefficient (Wildman–Crippen LogP) is -0.827. The summed E-state index contributed by atoms with van der Waals surface area (Å²) < 4.78 is 0. The van der Waals surface area contributed by atoms with Crippen molar-refractivity contribution in [2.75, 3.05) is 6.54 Å². The summed E-state index contributed by atoms with van der Waals surface area (Å²) in [4.78, 5) is 22.7. The van der Waals surface area contributed by atoms with Crippen LogP contribution in [0, 0.1) is 0 Å². The fourth-order valence-electron chi connectivity index (χ4n) is 1.57. The summed E-state index contributed by atoms with van der Waals surface area (Å²) in [5.74, 6) is -1.57. The lowest BCUT2D eigenvalue weighted by atomic mass is 10.1. The number of aliphatic carboxylic acids is 1. The van der Waals surface area contributed by atoms with Crippen molar-refractivity contribution in [3.63, 3.8) is 0 Å². The van der Waals surface area contributed by atoms with Gasteiger partial charge in [0.15, 0.2) is 0 Å². The van der Waals surface area contributed by atoms with Gasteiger partial charge in [0.1, 0.15) is 6.04 Å². The highest BCUT2D eigenvalue weighted by Crippen LogP contribution is 2.03. The lowest BCUT2D eigenvalue weighted by Crippen LogP contribution is -2.48. The lowest BCUT2D eigenvalue weighted by Gasteiger charge is -2.18. The van der Waals surface area contributed by atoms with E-state index in [0.29, 0.717) is 12.8 Å². The molecule has 0 bridgehead atoms. The fraction of sp³-hybridized carbons (Fsp3) is 0.833. The van der Waals surface area contributed by atoms with Gasteiger partial charge in [0.25, 0.3) is 0 Å². The lowest BCUT2D eigenvalue weighted by molar-refractivity contribution is -0.142. The molecule has 0 rings (SSSR count). The van der Waals surface area contributed by atoms with E-state index in [9.17, 15) is 14.7 Å². The first-order chi connectivity index (χ1) is 8.92. The van der Waals surface area contributed by atoms with Crippen LogP contribution in [-0.4, -0.2) is 46.8 Å². The van der Waals surface area contributed by atoms with Crippen LogP contribution in [0.1, 0.15) is 39.0 Å². The third kappa shape index (κ3) is 7.76. The number of unbranched alkanes of at least 4 members (excludes halogenated alkanes) is 1. The van der Waals surface area contributed by atoms with Crippen molar-refractivity contribution in [2.24, 2.45) is 11.5 Å². The molecule has 1 unspecified atom stereocenters. The SMILES string of the molecule is CCCC[C@H](NC(=O)[C@@H](N)CCC(O)CN)C(=O)O. The molecule has 3 atom stereocenters. The average Bonchev–Trinajstić information content (AvgIpc) is 2.39. The molecule has 0 heterocycles. The topological polar surface area (TPSA) is 139 Å². The molecule has 19 heavy (non-hydrogen) atoms. The number of carbonyl (C=O) groups is 2. The molecular formula is C12H25N3O4. The molecule has 0 aliphatic heterocycles. The van der Waals surface area contributed by atoms with Crippen molar-refractivity contribution >= 4 is 11.9 Å². The summed E-state index contributed by atoms with van der Waals surface area (Å²) in [6.07, 6.45) is 1.86. The van der Waals surface area contributed by atoms with Crippen LogP contribution in [0.5, 0.6) is 0 Å². The van der Waals surface area contributed by atoms with Gasteiger partial charge in [-0.1, -0.05) is 19.8 Å². The summed E-state index contributed by atoms with van der Waals surface area (Å²) in [6.45, 7) is 2.06. The number of aliphatic hydroxyl groups is 1. The summed E-state index contributed by atoms with van der Waals surface area (Å²) >= 11 is 0. The van der Waals surface area contributed by atoms with Crippen LogP contribution in [0.15, 0.2) is 0 Å². The molecule has 0 aliphatic rings. The third-order valence-corrected chi connectivity index (χ3v) is 2.88. The first-order valence-corrected chi connectivity index (χ1v) is 6.59. The van der Waals surface area contributed by atoms with Gasteiger partial charge in [-0.05, 0) is 19.3 Å². The van der Waals surface area contributed by atoms with Crippen molar-refractivity contribution in [2.45, 2.75) is 57.2 Å². The molecule has 0 aromatic carbocycles. The standard InChI is InChI=1S/C12H25N3O4/c1-2-3-4-10(12(18)19)15-11(17)9(14)6-5-8(16)7-13/h8-10,16H,2-7,13-14H2,1H3,(H,15,17)(H,18,19)/t8?,9-,10-/m0/s1. The Labute approximate surface area is 113 Å². The number of carbonyl (C=O) groups excluding carboxylic acids is 1.